The fourth-order valence-corrected chi connectivity index (χ4v) is 2.58. The maximum absolute atomic E-state index is 13.0. The SMILES string of the molecule is CC(c1cc(C(F)(F)F)cc(C(F)(F)F)c1)n1cc(-c2cc[nH]c2)cn1. The summed E-state index contributed by atoms with van der Waals surface area (Å²) in [5.74, 6) is 0. The summed E-state index contributed by atoms with van der Waals surface area (Å²) in [4.78, 5) is 2.86. The lowest BCUT2D eigenvalue weighted by atomic mass is 10.0. The van der Waals surface area contributed by atoms with E-state index in [1.54, 1.807) is 24.7 Å². The summed E-state index contributed by atoms with van der Waals surface area (Å²) in [6.07, 6.45) is -3.29. The first-order valence-electron chi connectivity index (χ1n) is 7.52. The molecule has 0 aliphatic heterocycles. The minimum Gasteiger partial charge on any atom is -0.367 e. The Hall–Kier alpha value is -2.71. The molecule has 1 atom stereocenters. The van der Waals surface area contributed by atoms with Crippen LogP contribution in [0.15, 0.2) is 49.1 Å². The van der Waals surface area contributed by atoms with Gasteiger partial charge in [0.1, 0.15) is 0 Å². The fraction of sp³-hybridized carbons (Fsp3) is 0.235. The number of halogens is 6. The molecule has 0 amide bonds. The molecule has 3 nitrogen and oxygen atoms in total. The van der Waals surface area contributed by atoms with Gasteiger partial charge in [0.25, 0.3) is 0 Å². The Labute approximate surface area is 144 Å². The number of alkyl halides is 6. The van der Waals surface area contributed by atoms with Crippen molar-refractivity contribution in [1.29, 1.82) is 0 Å². The molecule has 0 aliphatic carbocycles. The number of aromatic nitrogens is 3. The van der Waals surface area contributed by atoms with Crippen LogP contribution < -0.4 is 0 Å². The van der Waals surface area contributed by atoms with Crippen LogP contribution in [0.2, 0.25) is 0 Å². The van der Waals surface area contributed by atoms with Gasteiger partial charge < -0.3 is 4.98 Å². The average molecular weight is 373 g/mol. The van der Waals surface area contributed by atoms with Crippen molar-refractivity contribution >= 4 is 0 Å². The quantitative estimate of drug-likeness (QED) is 0.602. The van der Waals surface area contributed by atoms with Gasteiger partial charge in [-0.25, -0.2) is 0 Å². The van der Waals surface area contributed by atoms with Crippen molar-refractivity contribution < 1.29 is 26.3 Å². The first-order chi connectivity index (χ1) is 12.1. The summed E-state index contributed by atoms with van der Waals surface area (Å²) < 4.78 is 79.3. The zero-order chi connectivity index (χ0) is 19.1. The van der Waals surface area contributed by atoms with Gasteiger partial charge in [-0.15, -0.1) is 0 Å². The number of hydrogen-bond acceptors (Lipinski definition) is 1. The summed E-state index contributed by atoms with van der Waals surface area (Å²) in [6.45, 7) is 1.49. The second kappa shape index (κ2) is 6.22. The lowest BCUT2D eigenvalue weighted by Crippen LogP contribution is -2.14. The van der Waals surface area contributed by atoms with Crippen LogP contribution in [0.25, 0.3) is 11.1 Å². The van der Waals surface area contributed by atoms with E-state index in [9.17, 15) is 26.3 Å². The minimum atomic E-state index is -4.88. The second-order valence-electron chi connectivity index (χ2n) is 5.82. The van der Waals surface area contributed by atoms with Gasteiger partial charge in [0.05, 0.1) is 23.4 Å². The second-order valence-corrected chi connectivity index (χ2v) is 5.82. The van der Waals surface area contributed by atoms with Gasteiger partial charge in [-0.3, -0.25) is 4.68 Å². The summed E-state index contributed by atoms with van der Waals surface area (Å²) in [5, 5.41) is 4.07. The molecule has 2 aromatic heterocycles. The van der Waals surface area contributed by atoms with E-state index in [1.807, 2.05) is 0 Å². The van der Waals surface area contributed by atoms with E-state index in [1.165, 1.54) is 17.8 Å². The van der Waals surface area contributed by atoms with Crippen LogP contribution in [-0.4, -0.2) is 14.8 Å². The largest absolute Gasteiger partial charge is 0.416 e. The standard InChI is InChI=1S/C17H13F6N3/c1-10(26-9-13(8-25-26)11-2-3-24-7-11)12-4-14(16(18,19)20)6-15(5-12)17(21,22)23/h2-10,24H,1H3. The van der Waals surface area contributed by atoms with E-state index >= 15 is 0 Å². The molecule has 9 heteroatoms. The first-order valence-corrected chi connectivity index (χ1v) is 7.52. The van der Waals surface area contributed by atoms with Gasteiger partial charge in [-0.1, -0.05) is 0 Å². The number of H-pyrrole nitrogens is 1. The Bertz CT molecular complexity index is 858. The van der Waals surface area contributed by atoms with Gasteiger partial charge in [-0.05, 0) is 36.8 Å². The number of nitrogens with zero attached hydrogens (tertiary/aromatic N) is 2. The molecule has 0 bridgehead atoms. The number of nitrogens with one attached hydrogen (secondary N) is 1. The summed E-state index contributed by atoms with van der Waals surface area (Å²) in [6, 6.07) is 2.52. The highest BCUT2D eigenvalue weighted by Gasteiger charge is 2.37. The molecule has 1 unspecified atom stereocenters. The third kappa shape index (κ3) is 3.61. The maximum Gasteiger partial charge on any atom is 0.416 e. The van der Waals surface area contributed by atoms with Gasteiger partial charge in [0, 0.05) is 29.7 Å². The molecule has 138 valence electrons. The highest BCUT2D eigenvalue weighted by atomic mass is 19.4. The van der Waals surface area contributed by atoms with E-state index in [2.05, 4.69) is 10.1 Å². The molecule has 0 saturated heterocycles. The highest BCUT2D eigenvalue weighted by molar-refractivity contribution is 5.60. The molecule has 1 N–H and O–H groups in total. The molecule has 3 rings (SSSR count). The number of rotatable bonds is 3. The Kier molecular flexibility index (Phi) is 4.33. The van der Waals surface area contributed by atoms with Gasteiger partial charge in [0.2, 0.25) is 0 Å². The van der Waals surface area contributed by atoms with Gasteiger partial charge in [0.15, 0.2) is 0 Å². The van der Waals surface area contributed by atoms with Crippen LogP contribution >= 0.6 is 0 Å². The van der Waals surface area contributed by atoms with Crippen LogP contribution in [0.1, 0.15) is 29.7 Å². The van der Waals surface area contributed by atoms with Crippen molar-refractivity contribution in [2.24, 2.45) is 0 Å². The molecular weight excluding hydrogens is 360 g/mol. The van der Waals surface area contributed by atoms with E-state index in [0.29, 0.717) is 5.56 Å². The van der Waals surface area contributed by atoms with E-state index in [-0.39, 0.29) is 11.6 Å². The molecule has 0 fully saturated rings. The Balaban J connectivity index is 2.02. The molecule has 26 heavy (non-hydrogen) atoms. The van der Waals surface area contributed by atoms with Crippen molar-refractivity contribution in [1.82, 2.24) is 14.8 Å². The zero-order valence-corrected chi connectivity index (χ0v) is 13.4. The first kappa shape index (κ1) is 18.1. The Morgan fingerprint density at radius 2 is 1.58 bits per heavy atom. The summed E-state index contributed by atoms with van der Waals surface area (Å²) >= 11 is 0. The van der Waals surface area contributed by atoms with Crippen LogP contribution in [0, 0.1) is 0 Å². The van der Waals surface area contributed by atoms with Crippen LogP contribution in [-0.2, 0) is 12.4 Å². The maximum atomic E-state index is 13.0. The van der Waals surface area contributed by atoms with Gasteiger partial charge in [-0.2, -0.15) is 31.4 Å². The van der Waals surface area contributed by atoms with Crippen LogP contribution in [0.3, 0.4) is 0 Å². The van der Waals surface area contributed by atoms with Crippen molar-refractivity contribution in [3.05, 3.63) is 65.7 Å². The van der Waals surface area contributed by atoms with Crippen molar-refractivity contribution in [2.45, 2.75) is 25.3 Å². The normalized spacial score (nSPS) is 13.8. The van der Waals surface area contributed by atoms with Crippen molar-refractivity contribution in [3.63, 3.8) is 0 Å². The molecule has 2 heterocycles. The Morgan fingerprint density at radius 3 is 2.08 bits per heavy atom. The van der Waals surface area contributed by atoms with Crippen molar-refractivity contribution in [3.8, 4) is 11.1 Å². The number of benzene rings is 1. The van der Waals surface area contributed by atoms with Crippen LogP contribution in [0.5, 0.6) is 0 Å². The monoisotopic (exact) mass is 373 g/mol. The number of aromatic amines is 1. The fourth-order valence-electron chi connectivity index (χ4n) is 2.58. The third-order valence-electron chi connectivity index (χ3n) is 4.02. The zero-order valence-electron chi connectivity index (χ0n) is 13.4. The summed E-state index contributed by atoms with van der Waals surface area (Å²) in [7, 11) is 0. The highest BCUT2D eigenvalue weighted by Crippen LogP contribution is 2.38. The molecule has 3 aromatic rings. The molecule has 0 aliphatic rings. The van der Waals surface area contributed by atoms with E-state index in [4.69, 9.17) is 0 Å². The molecule has 0 radical (unpaired) electrons. The lowest BCUT2D eigenvalue weighted by molar-refractivity contribution is -0.143. The third-order valence-corrected chi connectivity index (χ3v) is 4.02. The predicted octanol–water partition coefficient (Wildman–Crippen LogP) is 5.53. The van der Waals surface area contributed by atoms with Gasteiger partial charge >= 0.3 is 12.4 Å². The molecule has 1 aromatic carbocycles. The molecular formula is C17H13F6N3. The average Bonchev–Trinajstić information content (AvgIpc) is 3.23. The van der Waals surface area contributed by atoms with Crippen LogP contribution in [0.4, 0.5) is 26.3 Å². The van der Waals surface area contributed by atoms with E-state index < -0.39 is 29.5 Å². The lowest BCUT2D eigenvalue weighted by Gasteiger charge is -2.18. The van der Waals surface area contributed by atoms with E-state index in [0.717, 1.165) is 17.7 Å². The number of hydrogen-bond donors (Lipinski definition) is 1. The predicted molar refractivity (Wildman–Crippen MR) is 82.3 cm³/mol. The topological polar surface area (TPSA) is 33.6 Å². The Morgan fingerprint density at radius 1 is 0.962 bits per heavy atom. The minimum absolute atomic E-state index is 0.116. The molecule has 0 saturated carbocycles. The summed E-state index contributed by atoms with van der Waals surface area (Å²) in [5.41, 5.74) is -1.31. The smallest absolute Gasteiger partial charge is 0.367 e. The molecule has 0 spiro atoms. The van der Waals surface area contributed by atoms with Crippen molar-refractivity contribution in [2.75, 3.05) is 0 Å².